The lowest BCUT2D eigenvalue weighted by Gasteiger charge is -2.16. The molecule has 2 N–H and O–H groups in total. The first-order valence-corrected chi connectivity index (χ1v) is 10.6. The van der Waals surface area contributed by atoms with Crippen molar-refractivity contribution < 1.29 is 4.79 Å². The molecule has 0 spiro atoms. The Kier molecular flexibility index (Phi) is 12.9. The Hall–Kier alpha value is -1.35. The molecule has 0 radical (unpaired) electrons. The summed E-state index contributed by atoms with van der Waals surface area (Å²) in [7, 11) is 6.06. The van der Waals surface area contributed by atoms with Crippen LogP contribution in [-0.2, 0) is 11.3 Å². The highest BCUT2D eigenvalue weighted by Crippen LogP contribution is 2.21. The number of amides is 1. The van der Waals surface area contributed by atoms with Gasteiger partial charge >= 0.3 is 0 Å². The van der Waals surface area contributed by atoms with Crippen LogP contribution >= 0.6 is 24.0 Å². The summed E-state index contributed by atoms with van der Waals surface area (Å²) in [6.07, 6.45) is 7.95. The molecule has 1 aliphatic heterocycles. The Labute approximate surface area is 193 Å². The Bertz CT molecular complexity index is 618. The second-order valence-electron chi connectivity index (χ2n) is 7.74. The van der Waals surface area contributed by atoms with E-state index in [1.54, 1.807) is 7.05 Å². The summed E-state index contributed by atoms with van der Waals surface area (Å²) in [4.78, 5) is 20.2. The fraction of sp³-hybridized carbons (Fsp3) is 0.636. The van der Waals surface area contributed by atoms with Crippen molar-refractivity contribution in [3.8, 4) is 0 Å². The number of anilines is 1. The van der Waals surface area contributed by atoms with Crippen molar-refractivity contribution in [3.63, 3.8) is 0 Å². The molecule has 164 valence electrons. The maximum Gasteiger partial charge on any atom is 0.227 e. The van der Waals surface area contributed by atoms with Crippen molar-refractivity contribution in [1.29, 1.82) is 0 Å². The van der Waals surface area contributed by atoms with Crippen molar-refractivity contribution in [1.82, 2.24) is 15.5 Å². The fourth-order valence-corrected chi connectivity index (χ4v) is 3.41. The summed E-state index contributed by atoms with van der Waals surface area (Å²) in [5.74, 6) is 1.07. The molecule has 1 heterocycles. The smallest absolute Gasteiger partial charge is 0.227 e. The molecule has 0 aliphatic carbocycles. The van der Waals surface area contributed by atoms with E-state index < -0.39 is 0 Å². The Morgan fingerprint density at radius 3 is 2.38 bits per heavy atom. The van der Waals surface area contributed by atoms with E-state index >= 15 is 0 Å². The largest absolute Gasteiger partial charge is 0.356 e. The van der Waals surface area contributed by atoms with Crippen LogP contribution in [0.5, 0.6) is 0 Å². The van der Waals surface area contributed by atoms with Crippen molar-refractivity contribution in [2.24, 2.45) is 4.99 Å². The minimum Gasteiger partial charge on any atom is -0.356 e. The number of nitrogens with one attached hydrogen (secondary N) is 2. The van der Waals surface area contributed by atoms with Crippen LogP contribution in [0.25, 0.3) is 0 Å². The zero-order valence-corrected chi connectivity index (χ0v) is 20.6. The molecule has 1 saturated heterocycles. The van der Waals surface area contributed by atoms with Gasteiger partial charge in [-0.15, -0.1) is 24.0 Å². The van der Waals surface area contributed by atoms with Crippen molar-refractivity contribution in [2.75, 3.05) is 45.7 Å². The minimum atomic E-state index is 0. The van der Waals surface area contributed by atoms with Crippen LogP contribution in [0.1, 0.15) is 50.5 Å². The van der Waals surface area contributed by atoms with Gasteiger partial charge in [-0.1, -0.05) is 31.4 Å². The van der Waals surface area contributed by atoms with Crippen LogP contribution in [0.2, 0.25) is 0 Å². The number of benzene rings is 1. The standard InChI is InChI=1S/C22H37N5O.HI/c1-23-22(24-15-7-5-4-6-8-16-26(2)3)25-18-19-11-13-20(14-12-19)27-17-9-10-21(27)28;/h11-14H,4-10,15-18H2,1-3H3,(H2,23,24,25);1H. The third-order valence-electron chi connectivity index (χ3n) is 5.08. The van der Waals surface area contributed by atoms with Gasteiger partial charge in [-0.3, -0.25) is 9.79 Å². The predicted octanol–water partition coefficient (Wildman–Crippen LogP) is 3.61. The summed E-state index contributed by atoms with van der Waals surface area (Å²) >= 11 is 0. The maximum absolute atomic E-state index is 11.8. The van der Waals surface area contributed by atoms with E-state index in [0.29, 0.717) is 6.42 Å². The number of guanidine groups is 1. The quantitative estimate of drug-likeness (QED) is 0.205. The molecular weight excluding hydrogens is 477 g/mol. The van der Waals surface area contributed by atoms with E-state index in [4.69, 9.17) is 0 Å². The van der Waals surface area contributed by atoms with Gasteiger partial charge in [0, 0.05) is 38.8 Å². The number of nitrogens with zero attached hydrogens (tertiary/aromatic N) is 3. The van der Waals surface area contributed by atoms with Gasteiger partial charge in [0.15, 0.2) is 5.96 Å². The first-order valence-electron chi connectivity index (χ1n) is 10.6. The molecule has 7 heteroatoms. The maximum atomic E-state index is 11.8. The van der Waals surface area contributed by atoms with Crippen molar-refractivity contribution in [2.45, 2.75) is 51.5 Å². The number of halogens is 1. The third-order valence-corrected chi connectivity index (χ3v) is 5.08. The summed E-state index contributed by atoms with van der Waals surface area (Å²) in [6, 6.07) is 8.23. The average Bonchev–Trinajstić information content (AvgIpc) is 3.12. The first kappa shape index (κ1) is 25.7. The van der Waals surface area contributed by atoms with E-state index in [-0.39, 0.29) is 29.9 Å². The second kappa shape index (κ2) is 14.6. The molecule has 2 rings (SSSR count). The van der Waals surface area contributed by atoms with Gasteiger partial charge in [0.25, 0.3) is 0 Å². The lowest BCUT2D eigenvalue weighted by molar-refractivity contribution is -0.117. The zero-order chi connectivity index (χ0) is 20.2. The molecule has 0 aromatic heterocycles. The van der Waals surface area contributed by atoms with Gasteiger partial charge in [-0.25, -0.2) is 0 Å². The molecule has 0 atom stereocenters. The highest BCUT2D eigenvalue weighted by atomic mass is 127. The van der Waals surface area contributed by atoms with Crippen LogP contribution < -0.4 is 15.5 Å². The predicted molar refractivity (Wildman–Crippen MR) is 133 cm³/mol. The van der Waals surface area contributed by atoms with Crippen LogP contribution in [-0.4, -0.2) is 57.5 Å². The lowest BCUT2D eigenvalue weighted by Crippen LogP contribution is -2.37. The molecule has 29 heavy (non-hydrogen) atoms. The molecule has 0 bridgehead atoms. The first-order chi connectivity index (χ1) is 13.6. The molecule has 1 fully saturated rings. The molecule has 1 amide bonds. The number of carbonyl (C=O) groups excluding carboxylic acids is 1. The Morgan fingerprint density at radius 1 is 1.07 bits per heavy atom. The molecule has 6 nitrogen and oxygen atoms in total. The molecule has 0 unspecified atom stereocenters. The molecule has 1 aromatic carbocycles. The minimum absolute atomic E-state index is 0. The summed E-state index contributed by atoms with van der Waals surface area (Å²) < 4.78 is 0. The van der Waals surface area contributed by atoms with Gasteiger partial charge in [0.1, 0.15) is 0 Å². The number of carbonyl (C=O) groups is 1. The monoisotopic (exact) mass is 515 g/mol. The van der Waals surface area contributed by atoms with Gasteiger partial charge < -0.3 is 20.4 Å². The van der Waals surface area contributed by atoms with Crippen LogP contribution in [0.15, 0.2) is 29.3 Å². The number of rotatable bonds is 11. The topological polar surface area (TPSA) is 60.0 Å². The van der Waals surface area contributed by atoms with E-state index in [2.05, 4.69) is 46.8 Å². The number of hydrogen-bond donors (Lipinski definition) is 2. The molecule has 1 aromatic rings. The van der Waals surface area contributed by atoms with Gasteiger partial charge in [0.2, 0.25) is 5.91 Å². The highest BCUT2D eigenvalue weighted by molar-refractivity contribution is 14.0. The zero-order valence-electron chi connectivity index (χ0n) is 18.2. The Morgan fingerprint density at radius 2 is 1.76 bits per heavy atom. The summed E-state index contributed by atoms with van der Waals surface area (Å²) in [6.45, 7) is 3.69. The fourth-order valence-electron chi connectivity index (χ4n) is 3.41. The summed E-state index contributed by atoms with van der Waals surface area (Å²) in [5.41, 5.74) is 2.18. The van der Waals surface area contributed by atoms with Crippen LogP contribution in [0.4, 0.5) is 5.69 Å². The third kappa shape index (κ3) is 9.80. The SMILES string of the molecule is CN=C(NCCCCCCCN(C)C)NCc1ccc(N2CCCC2=O)cc1.I. The molecule has 1 aliphatic rings. The van der Waals surface area contributed by atoms with E-state index in [1.807, 2.05) is 17.0 Å². The number of hydrogen-bond acceptors (Lipinski definition) is 3. The second-order valence-corrected chi connectivity index (χ2v) is 7.74. The van der Waals surface area contributed by atoms with E-state index in [9.17, 15) is 4.79 Å². The normalized spacial score (nSPS) is 14.3. The highest BCUT2D eigenvalue weighted by Gasteiger charge is 2.21. The van der Waals surface area contributed by atoms with Crippen LogP contribution in [0, 0.1) is 0 Å². The van der Waals surface area contributed by atoms with Crippen molar-refractivity contribution in [3.05, 3.63) is 29.8 Å². The van der Waals surface area contributed by atoms with E-state index in [0.717, 1.165) is 37.7 Å². The number of aliphatic imine (C=N–C) groups is 1. The Balaban J connectivity index is 0.00000420. The van der Waals surface area contributed by atoms with Gasteiger partial charge in [0.05, 0.1) is 0 Å². The van der Waals surface area contributed by atoms with Gasteiger partial charge in [-0.2, -0.15) is 0 Å². The van der Waals surface area contributed by atoms with E-state index in [1.165, 1.54) is 44.2 Å². The van der Waals surface area contributed by atoms with Gasteiger partial charge in [-0.05, 0) is 57.6 Å². The van der Waals surface area contributed by atoms with Crippen LogP contribution in [0.3, 0.4) is 0 Å². The average molecular weight is 515 g/mol. The summed E-state index contributed by atoms with van der Waals surface area (Å²) in [5, 5.41) is 6.75. The number of unbranched alkanes of at least 4 members (excludes halogenated alkanes) is 4. The van der Waals surface area contributed by atoms with Crippen molar-refractivity contribution >= 4 is 41.5 Å². The molecular formula is C22H38IN5O. The molecule has 0 saturated carbocycles. The lowest BCUT2D eigenvalue weighted by atomic mass is 10.1.